The second-order valence-electron chi connectivity index (χ2n) is 2.46. The summed E-state index contributed by atoms with van der Waals surface area (Å²) in [5.41, 5.74) is -0.232. The highest BCUT2D eigenvalue weighted by atomic mass is 16.5. The Kier molecular flexibility index (Phi) is 5.57. The Labute approximate surface area is 77.4 Å². The third-order valence-electron chi connectivity index (χ3n) is 1.40. The number of nitriles is 1. The lowest BCUT2D eigenvalue weighted by Crippen LogP contribution is -2.13. The number of aliphatic hydroxyl groups is 1. The first-order valence-corrected chi connectivity index (χ1v) is 3.85. The Morgan fingerprint density at radius 3 is 2.77 bits per heavy atom. The molecule has 1 unspecified atom stereocenters. The molecule has 0 aromatic carbocycles. The van der Waals surface area contributed by atoms with Gasteiger partial charge in [0.1, 0.15) is 11.6 Å². The van der Waals surface area contributed by atoms with Crippen LogP contribution in [0.25, 0.3) is 0 Å². The zero-order valence-corrected chi connectivity index (χ0v) is 7.32. The molecule has 0 saturated heterocycles. The van der Waals surface area contributed by atoms with E-state index in [1.165, 1.54) is 0 Å². The van der Waals surface area contributed by atoms with Crippen molar-refractivity contribution in [3.8, 4) is 6.07 Å². The molecule has 4 nitrogen and oxygen atoms in total. The van der Waals surface area contributed by atoms with Gasteiger partial charge in [0.15, 0.2) is 0 Å². The van der Waals surface area contributed by atoms with Crippen molar-refractivity contribution in [2.45, 2.75) is 18.9 Å². The fourth-order valence-electron chi connectivity index (χ4n) is 0.565. The Balaban J connectivity index is 3.61. The lowest BCUT2D eigenvalue weighted by molar-refractivity contribution is -0.139. The van der Waals surface area contributed by atoms with Crippen molar-refractivity contribution in [3.05, 3.63) is 19.1 Å². The van der Waals surface area contributed by atoms with Crippen LogP contribution in [-0.4, -0.2) is 23.8 Å². The number of esters is 1. The Morgan fingerprint density at radius 1 is 1.69 bits per heavy atom. The minimum atomic E-state index is -0.737. The number of hydrogen-bond donors (Lipinski definition) is 1. The Morgan fingerprint density at radius 2 is 2.31 bits per heavy atom. The van der Waals surface area contributed by atoms with Crippen LogP contribution in [0.15, 0.2) is 12.2 Å². The van der Waals surface area contributed by atoms with Gasteiger partial charge in [-0.05, 0) is 6.42 Å². The van der Waals surface area contributed by atoms with E-state index in [9.17, 15) is 4.79 Å². The van der Waals surface area contributed by atoms with Gasteiger partial charge in [-0.2, -0.15) is 5.26 Å². The SMILES string of the molecule is [CH2]CC(O)CCOC(=O)C(=C)C#N. The summed E-state index contributed by atoms with van der Waals surface area (Å²) in [6, 6.07) is 1.57. The quantitative estimate of drug-likeness (QED) is 0.383. The molecule has 1 N–H and O–H groups in total. The molecule has 4 heteroatoms. The van der Waals surface area contributed by atoms with Crippen LogP contribution in [0.2, 0.25) is 0 Å². The predicted molar refractivity (Wildman–Crippen MR) is 46.3 cm³/mol. The maximum atomic E-state index is 10.8. The average molecular weight is 182 g/mol. The van der Waals surface area contributed by atoms with E-state index in [1.54, 1.807) is 6.07 Å². The molecule has 0 bridgehead atoms. The van der Waals surface area contributed by atoms with Crippen molar-refractivity contribution in [1.82, 2.24) is 0 Å². The van der Waals surface area contributed by atoms with Crippen LogP contribution in [0, 0.1) is 18.3 Å². The second kappa shape index (κ2) is 6.21. The van der Waals surface area contributed by atoms with Gasteiger partial charge in [0.2, 0.25) is 0 Å². The standard InChI is InChI=1S/C9H12NO3/c1-3-8(11)4-5-13-9(12)7(2)6-10/h8,11H,1-5H2. The van der Waals surface area contributed by atoms with E-state index in [4.69, 9.17) is 10.4 Å². The van der Waals surface area contributed by atoms with Crippen LogP contribution < -0.4 is 0 Å². The number of nitrogens with zero attached hydrogens (tertiary/aromatic N) is 1. The lowest BCUT2D eigenvalue weighted by Gasteiger charge is -2.07. The van der Waals surface area contributed by atoms with Gasteiger partial charge in [0.25, 0.3) is 0 Å². The zero-order chi connectivity index (χ0) is 10.3. The van der Waals surface area contributed by atoms with Gasteiger partial charge in [0.05, 0.1) is 12.7 Å². The number of carbonyl (C=O) groups is 1. The maximum Gasteiger partial charge on any atom is 0.348 e. The molecule has 0 saturated carbocycles. The summed E-state index contributed by atoms with van der Waals surface area (Å²) in [4.78, 5) is 10.8. The summed E-state index contributed by atoms with van der Waals surface area (Å²) < 4.78 is 4.62. The molecule has 0 amide bonds. The third kappa shape index (κ3) is 4.99. The molecule has 1 radical (unpaired) electrons. The first-order chi connectivity index (χ1) is 6.11. The molecule has 0 aliphatic rings. The van der Waals surface area contributed by atoms with Gasteiger partial charge in [0, 0.05) is 6.42 Å². The van der Waals surface area contributed by atoms with Crippen molar-refractivity contribution >= 4 is 5.97 Å². The summed E-state index contributed by atoms with van der Waals surface area (Å²) in [6.45, 7) is 6.73. The Bertz CT molecular complexity index is 230. The molecule has 1 atom stereocenters. The van der Waals surface area contributed by atoms with E-state index in [0.717, 1.165) is 0 Å². The summed E-state index contributed by atoms with van der Waals surface area (Å²) in [6.07, 6.45) is 0.133. The van der Waals surface area contributed by atoms with Crippen molar-refractivity contribution in [3.63, 3.8) is 0 Å². The largest absolute Gasteiger partial charge is 0.461 e. The average Bonchev–Trinajstić information content (AvgIpc) is 2.15. The molecule has 0 rings (SSSR count). The summed E-state index contributed by atoms with van der Waals surface area (Å²) in [5.74, 6) is -0.737. The van der Waals surface area contributed by atoms with E-state index < -0.39 is 12.1 Å². The molecule has 0 aromatic heterocycles. The summed E-state index contributed by atoms with van der Waals surface area (Å²) in [7, 11) is 0. The Hall–Kier alpha value is -1.34. The fraction of sp³-hybridized carbons (Fsp3) is 0.444. The molecular weight excluding hydrogens is 170 g/mol. The molecule has 0 aromatic rings. The molecule has 71 valence electrons. The zero-order valence-electron chi connectivity index (χ0n) is 7.32. The van der Waals surface area contributed by atoms with E-state index in [2.05, 4.69) is 18.2 Å². The van der Waals surface area contributed by atoms with Crippen molar-refractivity contribution in [2.24, 2.45) is 0 Å². The van der Waals surface area contributed by atoms with E-state index in [-0.39, 0.29) is 12.2 Å². The van der Waals surface area contributed by atoms with Crippen molar-refractivity contribution < 1.29 is 14.6 Å². The molecule has 0 aliphatic carbocycles. The van der Waals surface area contributed by atoms with E-state index in [1.807, 2.05) is 0 Å². The maximum absolute atomic E-state index is 10.8. The first-order valence-electron chi connectivity index (χ1n) is 3.85. The molecule has 0 heterocycles. The molecule has 0 spiro atoms. The molecule has 0 aliphatic heterocycles. The van der Waals surface area contributed by atoms with Crippen LogP contribution in [0.1, 0.15) is 12.8 Å². The third-order valence-corrected chi connectivity index (χ3v) is 1.40. The van der Waals surface area contributed by atoms with Gasteiger partial charge in [-0.25, -0.2) is 4.79 Å². The van der Waals surface area contributed by atoms with Gasteiger partial charge >= 0.3 is 5.97 Å². The summed E-state index contributed by atoms with van der Waals surface area (Å²) in [5, 5.41) is 17.3. The highest BCUT2D eigenvalue weighted by molar-refractivity contribution is 5.91. The number of hydrogen-bond acceptors (Lipinski definition) is 4. The van der Waals surface area contributed by atoms with E-state index in [0.29, 0.717) is 12.8 Å². The van der Waals surface area contributed by atoms with Crippen molar-refractivity contribution in [2.75, 3.05) is 6.61 Å². The smallest absolute Gasteiger partial charge is 0.348 e. The van der Waals surface area contributed by atoms with E-state index >= 15 is 0 Å². The minimum Gasteiger partial charge on any atom is -0.461 e. The van der Waals surface area contributed by atoms with Crippen LogP contribution in [0.3, 0.4) is 0 Å². The molecule has 13 heavy (non-hydrogen) atoms. The second-order valence-corrected chi connectivity index (χ2v) is 2.46. The minimum absolute atomic E-state index is 0.0796. The fourth-order valence-corrected chi connectivity index (χ4v) is 0.565. The van der Waals surface area contributed by atoms with Crippen LogP contribution >= 0.6 is 0 Å². The lowest BCUT2D eigenvalue weighted by atomic mass is 10.2. The molecule has 0 fully saturated rings. The number of rotatable bonds is 5. The highest BCUT2D eigenvalue weighted by Crippen LogP contribution is 1.98. The van der Waals surface area contributed by atoms with Gasteiger partial charge in [-0.15, -0.1) is 0 Å². The monoisotopic (exact) mass is 182 g/mol. The van der Waals surface area contributed by atoms with Gasteiger partial charge in [-0.3, -0.25) is 0 Å². The van der Waals surface area contributed by atoms with Crippen LogP contribution in [-0.2, 0) is 9.53 Å². The highest BCUT2D eigenvalue weighted by Gasteiger charge is 2.08. The van der Waals surface area contributed by atoms with Gasteiger partial charge < -0.3 is 9.84 Å². The number of aliphatic hydroxyl groups excluding tert-OH is 1. The normalized spacial score (nSPS) is 11.5. The topological polar surface area (TPSA) is 70.3 Å². The van der Waals surface area contributed by atoms with Crippen molar-refractivity contribution in [1.29, 1.82) is 5.26 Å². The predicted octanol–water partition coefficient (Wildman–Crippen LogP) is 0.585. The van der Waals surface area contributed by atoms with Crippen LogP contribution in [0.4, 0.5) is 0 Å². The summed E-state index contributed by atoms with van der Waals surface area (Å²) >= 11 is 0. The number of ether oxygens (including phenoxy) is 1. The van der Waals surface area contributed by atoms with Crippen LogP contribution in [0.5, 0.6) is 0 Å². The van der Waals surface area contributed by atoms with Gasteiger partial charge in [-0.1, -0.05) is 13.5 Å². The first kappa shape index (κ1) is 11.7. The molecular formula is C9H12NO3. The number of carbonyl (C=O) groups excluding carboxylic acids is 1.